The summed E-state index contributed by atoms with van der Waals surface area (Å²) in [6.45, 7) is 5.93. The summed E-state index contributed by atoms with van der Waals surface area (Å²) < 4.78 is 16.6. The van der Waals surface area contributed by atoms with Crippen molar-refractivity contribution in [2.75, 3.05) is 38.7 Å². The van der Waals surface area contributed by atoms with Crippen LogP contribution in [0.25, 0.3) is 22.6 Å². The Morgan fingerprint density at radius 3 is 2.73 bits per heavy atom. The second kappa shape index (κ2) is 10.7. The lowest BCUT2D eigenvalue weighted by Crippen LogP contribution is -2.29. The fourth-order valence-corrected chi connectivity index (χ4v) is 3.89. The first-order chi connectivity index (χ1) is 16.0. The fraction of sp³-hybridized carbons (Fsp3) is 0.458. The molecule has 0 bridgehead atoms. The van der Waals surface area contributed by atoms with E-state index in [1.165, 1.54) is 0 Å². The van der Waals surface area contributed by atoms with Crippen LogP contribution in [0.3, 0.4) is 0 Å². The summed E-state index contributed by atoms with van der Waals surface area (Å²) in [5.41, 5.74) is 3.22. The minimum Gasteiger partial charge on any atom is -0.491 e. The molecule has 0 aliphatic carbocycles. The van der Waals surface area contributed by atoms with Crippen LogP contribution in [0, 0.1) is 13.8 Å². The quantitative estimate of drug-likeness (QED) is 0.450. The van der Waals surface area contributed by atoms with E-state index in [2.05, 4.69) is 15.8 Å². The molecule has 1 atom stereocenters. The maximum Gasteiger partial charge on any atom is 0.162 e. The zero-order valence-electron chi connectivity index (χ0n) is 19.3. The number of aryl methyl sites for hydroxylation is 2. The average Bonchev–Trinajstić information content (AvgIpc) is 3.16. The Labute approximate surface area is 193 Å². The van der Waals surface area contributed by atoms with Crippen LogP contribution in [-0.2, 0) is 4.74 Å². The van der Waals surface area contributed by atoms with E-state index in [1.54, 1.807) is 7.05 Å². The van der Waals surface area contributed by atoms with Crippen molar-refractivity contribution in [3.05, 3.63) is 41.8 Å². The first kappa shape index (κ1) is 23.2. The molecule has 0 amide bonds. The topological polar surface area (TPSA) is 115 Å². The monoisotopic (exact) mass is 453 g/mol. The highest BCUT2D eigenvalue weighted by Gasteiger charge is 2.19. The van der Waals surface area contributed by atoms with Gasteiger partial charge in [0.2, 0.25) is 0 Å². The Hall–Kier alpha value is -3.01. The standard InChI is InChI=1S/C24H31N5O4/c1-15-23(16(2)33-29-15)21-12-22(26-18-7-9-31-10-8-18)28-24(27-21)17-5-4-6-20(11-17)32-14-19(30)13-25-3/h4-6,11-12,18-19,25,30H,7-10,13-14H2,1-3H3,(H,26,27,28). The first-order valence-electron chi connectivity index (χ1n) is 11.3. The van der Waals surface area contributed by atoms with Gasteiger partial charge in [-0.25, -0.2) is 9.97 Å². The maximum absolute atomic E-state index is 9.94. The van der Waals surface area contributed by atoms with Crippen molar-refractivity contribution < 1.29 is 19.1 Å². The van der Waals surface area contributed by atoms with Crippen molar-refractivity contribution in [2.24, 2.45) is 0 Å². The van der Waals surface area contributed by atoms with Crippen LogP contribution < -0.4 is 15.4 Å². The predicted octanol–water partition coefficient (Wildman–Crippen LogP) is 2.97. The zero-order chi connectivity index (χ0) is 23.2. The van der Waals surface area contributed by atoms with E-state index in [-0.39, 0.29) is 6.61 Å². The van der Waals surface area contributed by atoms with E-state index in [0.717, 1.165) is 54.4 Å². The van der Waals surface area contributed by atoms with Gasteiger partial charge >= 0.3 is 0 Å². The summed E-state index contributed by atoms with van der Waals surface area (Å²) in [6.07, 6.45) is 1.27. The number of benzene rings is 1. The normalized spacial score (nSPS) is 15.4. The second-order valence-electron chi connectivity index (χ2n) is 8.24. The molecule has 176 valence electrons. The smallest absolute Gasteiger partial charge is 0.162 e. The Bertz CT molecular complexity index is 1050. The number of anilines is 1. The van der Waals surface area contributed by atoms with Crippen molar-refractivity contribution in [2.45, 2.75) is 38.8 Å². The SMILES string of the molecule is CNCC(O)COc1cccc(-c2nc(NC3CCOCC3)cc(-c3c(C)noc3C)n2)c1. The van der Waals surface area contributed by atoms with Gasteiger partial charge in [-0.3, -0.25) is 0 Å². The molecule has 3 aromatic rings. The third-order valence-electron chi connectivity index (χ3n) is 5.56. The number of ether oxygens (including phenoxy) is 2. The zero-order valence-corrected chi connectivity index (χ0v) is 19.3. The summed E-state index contributed by atoms with van der Waals surface area (Å²) in [5.74, 6) is 2.68. The number of likely N-dealkylation sites (N-methyl/N-ethyl adjacent to an activating group) is 1. The van der Waals surface area contributed by atoms with Crippen LogP contribution in [0.1, 0.15) is 24.3 Å². The Kier molecular flexibility index (Phi) is 7.54. The molecule has 1 unspecified atom stereocenters. The van der Waals surface area contributed by atoms with Crippen molar-refractivity contribution in [1.29, 1.82) is 0 Å². The lowest BCUT2D eigenvalue weighted by atomic mass is 10.1. The molecule has 1 aliphatic heterocycles. The van der Waals surface area contributed by atoms with E-state index in [1.807, 2.05) is 44.2 Å². The molecule has 1 fully saturated rings. The van der Waals surface area contributed by atoms with Gasteiger partial charge in [0, 0.05) is 37.4 Å². The average molecular weight is 454 g/mol. The van der Waals surface area contributed by atoms with Gasteiger partial charge in [-0.2, -0.15) is 0 Å². The van der Waals surface area contributed by atoms with Crippen LogP contribution in [-0.4, -0.2) is 65.8 Å². The van der Waals surface area contributed by atoms with E-state index in [4.69, 9.17) is 24.0 Å². The van der Waals surface area contributed by atoms with Crippen LogP contribution in [0.5, 0.6) is 5.75 Å². The molecule has 0 saturated carbocycles. The summed E-state index contributed by atoms with van der Waals surface area (Å²) in [7, 11) is 1.79. The second-order valence-corrected chi connectivity index (χ2v) is 8.24. The maximum atomic E-state index is 9.94. The number of nitrogens with one attached hydrogen (secondary N) is 2. The van der Waals surface area contributed by atoms with Crippen molar-refractivity contribution in [1.82, 2.24) is 20.4 Å². The lowest BCUT2D eigenvalue weighted by Gasteiger charge is -2.24. The number of aromatic nitrogens is 3. The third-order valence-corrected chi connectivity index (χ3v) is 5.56. The van der Waals surface area contributed by atoms with Crippen LogP contribution >= 0.6 is 0 Å². The van der Waals surface area contributed by atoms with Gasteiger partial charge in [0.15, 0.2) is 5.82 Å². The molecule has 1 aliphatic rings. The number of hydrogen-bond donors (Lipinski definition) is 3. The Morgan fingerprint density at radius 2 is 2.00 bits per heavy atom. The van der Waals surface area contributed by atoms with Crippen molar-refractivity contribution in [3.8, 4) is 28.4 Å². The lowest BCUT2D eigenvalue weighted by molar-refractivity contribution is 0.0904. The van der Waals surface area contributed by atoms with E-state index >= 15 is 0 Å². The highest BCUT2D eigenvalue weighted by Crippen LogP contribution is 2.30. The molecule has 0 spiro atoms. The Balaban J connectivity index is 1.66. The van der Waals surface area contributed by atoms with E-state index in [9.17, 15) is 5.11 Å². The van der Waals surface area contributed by atoms with Gasteiger partial charge < -0.3 is 29.7 Å². The predicted molar refractivity (Wildman–Crippen MR) is 125 cm³/mol. The number of hydrogen-bond acceptors (Lipinski definition) is 9. The molecule has 1 aromatic carbocycles. The first-order valence-corrected chi connectivity index (χ1v) is 11.3. The third kappa shape index (κ3) is 5.87. The van der Waals surface area contributed by atoms with Gasteiger partial charge in [-0.1, -0.05) is 17.3 Å². The summed E-state index contributed by atoms with van der Waals surface area (Å²) in [5, 5.41) is 20.5. The molecule has 0 radical (unpaired) electrons. The molecular formula is C24H31N5O4. The Morgan fingerprint density at radius 1 is 1.18 bits per heavy atom. The minimum atomic E-state index is -0.590. The molecule has 1 saturated heterocycles. The molecule has 4 rings (SSSR count). The van der Waals surface area contributed by atoms with Crippen LogP contribution in [0.2, 0.25) is 0 Å². The minimum absolute atomic E-state index is 0.195. The van der Waals surface area contributed by atoms with Crippen molar-refractivity contribution >= 4 is 5.82 Å². The molecule has 3 heterocycles. The molecule has 3 N–H and O–H groups in total. The highest BCUT2D eigenvalue weighted by atomic mass is 16.5. The van der Waals surface area contributed by atoms with Crippen LogP contribution in [0.15, 0.2) is 34.9 Å². The summed E-state index contributed by atoms with van der Waals surface area (Å²) in [6, 6.07) is 9.82. The van der Waals surface area contributed by atoms with Gasteiger partial charge in [0.05, 0.1) is 17.0 Å². The van der Waals surface area contributed by atoms with Gasteiger partial charge in [-0.15, -0.1) is 0 Å². The number of aliphatic hydroxyl groups excluding tert-OH is 1. The number of aliphatic hydroxyl groups is 1. The van der Waals surface area contributed by atoms with Gasteiger partial charge in [-0.05, 0) is 45.9 Å². The molecule has 9 nitrogen and oxygen atoms in total. The largest absolute Gasteiger partial charge is 0.491 e. The summed E-state index contributed by atoms with van der Waals surface area (Å²) >= 11 is 0. The molecule has 2 aromatic heterocycles. The van der Waals surface area contributed by atoms with E-state index in [0.29, 0.717) is 29.9 Å². The van der Waals surface area contributed by atoms with Gasteiger partial charge in [0.1, 0.15) is 30.0 Å². The number of nitrogens with zero attached hydrogens (tertiary/aromatic N) is 3. The van der Waals surface area contributed by atoms with Crippen LogP contribution in [0.4, 0.5) is 5.82 Å². The van der Waals surface area contributed by atoms with Gasteiger partial charge in [0.25, 0.3) is 0 Å². The van der Waals surface area contributed by atoms with E-state index < -0.39 is 6.10 Å². The summed E-state index contributed by atoms with van der Waals surface area (Å²) in [4.78, 5) is 9.64. The number of rotatable bonds is 9. The fourth-order valence-electron chi connectivity index (χ4n) is 3.89. The molecule has 33 heavy (non-hydrogen) atoms. The van der Waals surface area contributed by atoms with Crippen molar-refractivity contribution in [3.63, 3.8) is 0 Å². The highest BCUT2D eigenvalue weighted by molar-refractivity contribution is 5.70. The molecule has 9 heteroatoms. The molecular weight excluding hydrogens is 422 g/mol.